The van der Waals surface area contributed by atoms with Gasteiger partial charge in [0.1, 0.15) is 0 Å². The van der Waals surface area contributed by atoms with E-state index in [0.29, 0.717) is 0 Å². The van der Waals surface area contributed by atoms with Crippen molar-refractivity contribution in [3.63, 3.8) is 0 Å². The van der Waals surface area contributed by atoms with Gasteiger partial charge in [0.05, 0.1) is 5.60 Å². The summed E-state index contributed by atoms with van der Waals surface area (Å²) in [5, 5.41) is 11.2. The van der Waals surface area contributed by atoms with Gasteiger partial charge in [-0.3, -0.25) is 0 Å². The Balaban J connectivity index is 1.91. The summed E-state index contributed by atoms with van der Waals surface area (Å²) < 4.78 is 0. The van der Waals surface area contributed by atoms with Crippen molar-refractivity contribution in [1.82, 2.24) is 4.90 Å². The summed E-state index contributed by atoms with van der Waals surface area (Å²) >= 11 is 3.47. The molecule has 18 heavy (non-hydrogen) atoms. The van der Waals surface area contributed by atoms with Gasteiger partial charge < -0.3 is 10.0 Å². The first-order valence-electron chi connectivity index (χ1n) is 7.65. The van der Waals surface area contributed by atoms with Gasteiger partial charge >= 0.3 is 0 Å². The second kappa shape index (κ2) is 9.33. The van der Waals surface area contributed by atoms with Crippen LogP contribution >= 0.6 is 15.9 Å². The van der Waals surface area contributed by atoms with Crippen LogP contribution < -0.4 is 0 Å². The third-order valence-electron chi connectivity index (χ3n) is 3.86. The fourth-order valence-electron chi connectivity index (χ4n) is 2.83. The molecule has 0 aliphatic carbocycles. The summed E-state index contributed by atoms with van der Waals surface area (Å²) in [5.74, 6) is 0. The van der Waals surface area contributed by atoms with Gasteiger partial charge in [-0.05, 0) is 45.7 Å². The Hall–Kier alpha value is 0.400. The van der Waals surface area contributed by atoms with E-state index >= 15 is 0 Å². The lowest BCUT2D eigenvalue weighted by Crippen LogP contribution is -2.46. The first kappa shape index (κ1) is 16.5. The Morgan fingerprint density at radius 1 is 1.06 bits per heavy atom. The Bertz CT molecular complexity index is 209. The highest BCUT2D eigenvalue weighted by Crippen LogP contribution is 2.20. The number of alkyl halides is 1. The first-order chi connectivity index (χ1) is 8.64. The second-order valence-electron chi connectivity index (χ2n) is 6.04. The van der Waals surface area contributed by atoms with Crippen molar-refractivity contribution in [2.45, 2.75) is 70.3 Å². The number of hydrogen-bond donors (Lipinski definition) is 1. The zero-order valence-electron chi connectivity index (χ0n) is 12.0. The third kappa shape index (κ3) is 7.75. The van der Waals surface area contributed by atoms with Crippen LogP contribution in [0, 0.1) is 0 Å². The predicted molar refractivity (Wildman–Crippen MR) is 82.4 cm³/mol. The molecule has 0 saturated carbocycles. The average Bonchev–Trinajstić information content (AvgIpc) is 2.31. The average molecular weight is 320 g/mol. The predicted octanol–water partition coefficient (Wildman–Crippen LogP) is 3.96. The van der Waals surface area contributed by atoms with Crippen LogP contribution in [0.15, 0.2) is 0 Å². The summed E-state index contributed by atoms with van der Waals surface area (Å²) in [6, 6.07) is 0. The molecule has 1 aliphatic rings. The SMILES string of the molecule is CC1(O)CCCN(CCCCCCCCCBr)C1. The summed E-state index contributed by atoms with van der Waals surface area (Å²) in [5.41, 5.74) is -0.437. The zero-order chi connectivity index (χ0) is 13.3. The lowest BCUT2D eigenvalue weighted by molar-refractivity contribution is -0.0158. The molecule has 0 aromatic heterocycles. The van der Waals surface area contributed by atoms with E-state index in [-0.39, 0.29) is 0 Å². The van der Waals surface area contributed by atoms with Crippen LogP contribution in [0.1, 0.15) is 64.7 Å². The van der Waals surface area contributed by atoms with E-state index in [1.54, 1.807) is 0 Å². The molecule has 1 rings (SSSR count). The Kier molecular flexibility index (Phi) is 8.53. The Morgan fingerprint density at radius 3 is 2.28 bits per heavy atom. The van der Waals surface area contributed by atoms with E-state index in [1.165, 1.54) is 58.0 Å². The topological polar surface area (TPSA) is 23.5 Å². The van der Waals surface area contributed by atoms with E-state index in [0.717, 1.165) is 24.7 Å². The molecule has 108 valence electrons. The molecule has 3 heteroatoms. The van der Waals surface area contributed by atoms with E-state index in [2.05, 4.69) is 20.8 Å². The number of halogens is 1. The van der Waals surface area contributed by atoms with Crippen molar-refractivity contribution in [2.75, 3.05) is 25.0 Å². The van der Waals surface area contributed by atoms with Gasteiger partial charge in [0.25, 0.3) is 0 Å². The Labute approximate surface area is 121 Å². The van der Waals surface area contributed by atoms with Gasteiger partial charge in [0.2, 0.25) is 0 Å². The molecule has 0 aromatic rings. The van der Waals surface area contributed by atoms with Gasteiger partial charge in [-0.25, -0.2) is 0 Å². The van der Waals surface area contributed by atoms with Crippen LogP contribution in [0.3, 0.4) is 0 Å². The summed E-state index contributed by atoms with van der Waals surface area (Å²) in [6.07, 6.45) is 11.6. The van der Waals surface area contributed by atoms with Gasteiger partial charge in [-0.2, -0.15) is 0 Å². The number of β-amino-alcohol motifs (C(OH)–C–C–N with tert-alkyl or cyclic N) is 1. The van der Waals surface area contributed by atoms with E-state index in [9.17, 15) is 5.11 Å². The van der Waals surface area contributed by atoms with Crippen molar-refractivity contribution < 1.29 is 5.11 Å². The largest absolute Gasteiger partial charge is 0.389 e. The van der Waals surface area contributed by atoms with E-state index in [1.807, 2.05) is 6.92 Å². The van der Waals surface area contributed by atoms with Crippen LogP contribution in [-0.4, -0.2) is 40.6 Å². The highest BCUT2D eigenvalue weighted by molar-refractivity contribution is 9.09. The number of rotatable bonds is 9. The van der Waals surface area contributed by atoms with Gasteiger partial charge in [-0.15, -0.1) is 0 Å². The maximum Gasteiger partial charge on any atom is 0.0746 e. The molecule has 0 amide bonds. The smallest absolute Gasteiger partial charge is 0.0746 e. The fourth-order valence-corrected chi connectivity index (χ4v) is 3.22. The molecule has 1 atom stereocenters. The molecular weight excluding hydrogens is 290 g/mol. The normalized spacial score (nSPS) is 25.5. The molecule has 1 unspecified atom stereocenters. The summed E-state index contributed by atoms with van der Waals surface area (Å²) in [7, 11) is 0. The van der Waals surface area contributed by atoms with Crippen LogP contribution in [0.5, 0.6) is 0 Å². The lowest BCUT2D eigenvalue weighted by atomic mass is 9.95. The minimum atomic E-state index is -0.437. The molecule has 0 spiro atoms. The quantitative estimate of drug-likeness (QED) is 0.513. The number of likely N-dealkylation sites (tertiary alicyclic amines) is 1. The van der Waals surface area contributed by atoms with Gasteiger partial charge in [0.15, 0.2) is 0 Å². The van der Waals surface area contributed by atoms with Crippen molar-refractivity contribution >= 4 is 15.9 Å². The molecule has 0 radical (unpaired) electrons. The fraction of sp³-hybridized carbons (Fsp3) is 1.00. The minimum absolute atomic E-state index is 0.437. The number of unbranched alkanes of at least 4 members (excludes halogenated alkanes) is 6. The Morgan fingerprint density at radius 2 is 1.67 bits per heavy atom. The highest BCUT2D eigenvalue weighted by Gasteiger charge is 2.27. The molecule has 1 saturated heterocycles. The molecule has 1 N–H and O–H groups in total. The second-order valence-corrected chi connectivity index (χ2v) is 6.83. The maximum absolute atomic E-state index is 10.0. The number of hydrogen-bond acceptors (Lipinski definition) is 2. The highest BCUT2D eigenvalue weighted by atomic mass is 79.9. The molecule has 1 heterocycles. The molecule has 1 fully saturated rings. The van der Waals surface area contributed by atoms with Gasteiger partial charge in [-0.1, -0.05) is 48.0 Å². The maximum atomic E-state index is 10.0. The first-order valence-corrected chi connectivity index (χ1v) is 8.77. The summed E-state index contributed by atoms with van der Waals surface area (Å²) in [4.78, 5) is 2.44. The molecule has 0 aromatic carbocycles. The third-order valence-corrected chi connectivity index (χ3v) is 4.42. The van der Waals surface area contributed by atoms with E-state index < -0.39 is 5.60 Å². The van der Waals surface area contributed by atoms with Crippen molar-refractivity contribution in [1.29, 1.82) is 0 Å². The zero-order valence-corrected chi connectivity index (χ0v) is 13.6. The summed E-state index contributed by atoms with van der Waals surface area (Å²) in [6.45, 7) is 5.21. The number of piperidine rings is 1. The van der Waals surface area contributed by atoms with Crippen LogP contribution in [0.4, 0.5) is 0 Å². The molecule has 0 bridgehead atoms. The lowest BCUT2D eigenvalue weighted by Gasteiger charge is -2.36. The number of aliphatic hydroxyl groups is 1. The number of nitrogens with zero attached hydrogens (tertiary/aromatic N) is 1. The van der Waals surface area contributed by atoms with Crippen LogP contribution in [-0.2, 0) is 0 Å². The monoisotopic (exact) mass is 319 g/mol. The van der Waals surface area contributed by atoms with Crippen LogP contribution in [0.25, 0.3) is 0 Å². The standard InChI is InChI=1S/C15H30BrNO/c1-15(18)10-9-13-17(14-15)12-8-6-4-2-3-5-7-11-16/h18H,2-14H2,1H3. The van der Waals surface area contributed by atoms with Crippen molar-refractivity contribution in [3.05, 3.63) is 0 Å². The minimum Gasteiger partial charge on any atom is -0.389 e. The van der Waals surface area contributed by atoms with Crippen molar-refractivity contribution in [3.8, 4) is 0 Å². The molecule has 1 aliphatic heterocycles. The van der Waals surface area contributed by atoms with Crippen molar-refractivity contribution in [2.24, 2.45) is 0 Å². The van der Waals surface area contributed by atoms with Gasteiger partial charge in [0, 0.05) is 11.9 Å². The van der Waals surface area contributed by atoms with Crippen LogP contribution in [0.2, 0.25) is 0 Å². The molecular formula is C15H30BrNO. The van der Waals surface area contributed by atoms with E-state index in [4.69, 9.17) is 0 Å². The molecule has 2 nitrogen and oxygen atoms in total.